The summed E-state index contributed by atoms with van der Waals surface area (Å²) in [5.74, 6) is -7.84. The van der Waals surface area contributed by atoms with Crippen LogP contribution in [0.15, 0.2) is 0 Å². The van der Waals surface area contributed by atoms with Crippen LogP contribution in [0.5, 0.6) is 0 Å². The normalized spacial score (nSPS) is 12.2. The Kier molecular flexibility index (Phi) is 5.16. The molecule has 0 saturated carbocycles. The average molecular weight is 499 g/mol. The lowest BCUT2D eigenvalue weighted by atomic mass is 9.86. The van der Waals surface area contributed by atoms with Crippen molar-refractivity contribution >= 4 is 43.1 Å². The molecule has 5 aromatic carbocycles. The molecule has 0 atom stereocenters. The maximum atomic E-state index is 16.0. The van der Waals surface area contributed by atoms with E-state index in [9.17, 15) is 0 Å². The van der Waals surface area contributed by atoms with Crippen LogP contribution in [0.25, 0.3) is 43.1 Å². The van der Waals surface area contributed by atoms with E-state index in [1.807, 2.05) is 0 Å². The fraction of sp³-hybridized carbons (Fsp3) is 0.267. The van der Waals surface area contributed by atoms with Gasteiger partial charge < -0.3 is 0 Å². The lowest BCUT2D eigenvalue weighted by molar-refractivity contribution is 0.580. The molecule has 6 heteroatoms. The highest BCUT2D eigenvalue weighted by Gasteiger charge is 2.31. The Bertz CT molecular complexity index is 1590. The summed E-state index contributed by atoms with van der Waals surface area (Å²) in [5, 5.41) is -4.87. The molecule has 0 aromatic heterocycles. The Balaban J connectivity index is 2.22. The van der Waals surface area contributed by atoms with Crippen LogP contribution in [0.4, 0.5) is 26.3 Å². The van der Waals surface area contributed by atoms with Crippen molar-refractivity contribution in [2.45, 2.75) is 55.4 Å². The molecule has 0 aliphatic carbocycles. The van der Waals surface area contributed by atoms with Crippen molar-refractivity contribution in [2.75, 3.05) is 0 Å². The smallest absolute Gasteiger partial charge is 0.145 e. The fourth-order valence-electron chi connectivity index (χ4n) is 5.74. The molecule has 5 aromatic rings. The molecule has 0 radical (unpaired) electrons. The predicted molar refractivity (Wildman–Crippen MR) is 134 cm³/mol. The molecule has 36 heavy (non-hydrogen) atoms. The minimum absolute atomic E-state index is 0.196. The van der Waals surface area contributed by atoms with Gasteiger partial charge in [-0.25, -0.2) is 26.3 Å². The Hall–Kier alpha value is -3.28. The molecule has 0 aliphatic rings. The summed E-state index contributed by atoms with van der Waals surface area (Å²) in [4.78, 5) is 0. The summed E-state index contributed by atoms with van der Waals surface area (Å²) in [6, 6.07) is 0. The number of hydrogen-bond acceptors (Lipinski definition) is 0. The first-order valence-electron chi connectivity index (χ1n) is 11.6. The van der Waals surface area contributed by atoms with Crippen LogP contribution in [-0.4, -0.2) is 0 Å². The maximum Gasteiger partial charge on any atom is 0.145 e. The van der Waals surface area contributed by atoms with E-state index in [2.05, 4.69) is 0 Å². The molecule has 0 N–H and O–H groups in total. The second kappa shape index (κ2) is 7.61. The summed E-state index contributed by atoms with van der Waals surface area (Å²) in [6.45, 7) is 13.2. The lowest BCUT2D eigenvalue weighted by Crippen LogP contribution is -2.06. The van der Waals surface area contributed by atoms with Gasteiger partial charge in [-0.1, -0.05) is 0 Å². The number of hydrogen-bond donors (Lipinski definition) is 0. The van der Waals surface area contributed by atoms with Crippen LogP contribution in [0, 0.1) is 90.3 Å². The third-order valence-corrected chi connectivity index (χ3v) is 8.51. The van der Waals surface area contributed by atoms with Gasteiger partial charge in [0.1, 0.15) is 34.9 Å². The fourth-order valence-corrected chi connectivity index (χ4v) is 5.74. The van der Waals surface area contributed by atoms with Crippen molar-refractivity contribution in [2.24, 2.45) is 0 Å². The van der Waals surface area contributed by atoms with Gasteiger partial charge in [0.25, 0.3) is 0 Å². The topological polar surface area (TPSA) is 0 Å². The molecule has 0 bridgehead atoms. The minimum Gasteiger partial charge on any atom is -0.206 e. The lowest BCUT2D eigenvalue weighted by Gasteiger charge is -2.20. The summed E-state index contributed by atoms with van der Waals surface area (Å²) < 4.78 is 96.0. The van der Waals surface area contributed by atoms with Crippen LogP contribution in [0.3, 0.4) is 0 Å². The first-order chi connectivity index (χ1) is 16.7. The summed E-state index contributed by atoms with van der Waals surface area (Å²) >= 11 is 0. The maximum absolute atomic E-state index is 16.0. The molecule has 5 rings (SSSR count). The molecule has 0 heterocycles. The molecular formula is C30H24F6. The Morgan fingerprint density at radius 3 is 0.528 bits per heavy atom. The first-order valence-corrected chi connectivity index (χ1v) is 11.6. The van der Waals surface area contributed by atoms with Crippen LogP contribution < -0.4 is 0 Å². The van der Waals surface area contributed by atoms with Crippen molar-refractivity contribution in [1.29, 1.82) is 0 Å². The van der Waals surface area contributed by atoms with E-state index in [4.69, 9.17) is 0 Å². The Morgan fingerprint density at radius 1 is 0.222 bits per heavy atom. The van der Waals surface area contributed by atoms with Gasteiger partial charge in [-0.3, -0.25) is 0 Å². The molecule has 186 valence electrons. The number of aryl methyl sites for hydroxylation is 4. The predicted octanol–water partition coefficient (Wildman–Crippen LogP) is 9.60. The number of fused-ring (bicyclic) bond motifs is 4. The second-order valence-electron chi connectivity index (χ2n) is 9.88. The van der Waals surface area contributed by atoms with Crippen LogP contribution in [-0.2, 0) is 0 Å². The van der Waals surface area contributed by atoms with Crippen molar-refractivity contribution in [3.63, 3.8) is 0 Å². The van der Waals surface area contributed by atoms with E-state index in [-0.39, 0.29) is 21.5 Å². The highest BCUT2D eigenvalue weighted by molar-refractivity contribution is 6.12. The van der Waals surface area contributed by atoms with E-state index >= 15 is 26.3 Å². The SMILES string of the molecule is Cc1c(C)c(C)c2c(F)c3c(F)c4c(F)c5c(C)c(C)c(C)c(C)c5c(F)c4c(F)c3c(F)c2c1C. The van der Waals surface area contributed by atoms with Crippen molar-refractivity contribution in [1.82, 2.24) is 0 Å². The Morgan fingerprint density at radius 2 is 0.361 bits per heavy atom. The second-order valence-corrected chi connectivity index (χ2v) is 9.88. The van der Waals surface area contributed by atoms with Crippen LogP contribution in [0.1, 0.15) is 44.5 Å². The van der Waals surface area contributed by atoms with Gasteiger partial charge >= 0.3 is 0 Å². The molecule has 0 saturated heterocycles. The zero-order valence-corrected chi connectivity index (χ0v) is 21.3. The van der Waals surface area contributed by atoms with Gasteiger partial charge in [0.15, 0.2) is 0 Å². The molecular weight excluding hydrogens is 474 g/mol. The van der Waals surface area contributed by atoms with E-state index < -0.39 is 56.4 Å². The van der Waals surface area contributed by atoms with Gasteiger partial charge in [0, 0.05) is 21.5 Å². The monoisotopic (exact) mass is 498 g/mol. The molecule has 0 aliphatic heterocycles. The summed E-state index contributed by atoms with van der Waals surface area (Å²) in [7, 11) is 0. The van der Waals surface area contributed by atoms with Crippen LogP contribution in [0.2, 0.25) is 0 Å². The zero-order valence-electron chi connectivity index (χ0n) is 21.3. The van der Waals surface area contributed by atoms with Gasteiger partial charge in [-0.2, -0.15) is 0 Å². The standard InChI is InChI=1S/C30H24F6/c1-9-10(2)14(6)18-17(13(9)5)25(31)21-22(26(18)32)30(36)24-23(29(21)35)27(33)19-15(7)11(3)12(4)16(8)20(19)28(24)34/h1-8H3. The van der Waals surface area contributed by atoms with Gasteiger partial charge in [-0.05, 0) is 99.9 Å². The van der Waals surface area contributed by atoms with Crippen molar-refractivity contribution in [3.8, 4) is 0 Å². The van der Waals surface area contributed by atoms with Crippen LogP contribution >= 0.6 is 0 Å². The van der Waals surface area contributed by atoms with E-state index in [1.54, 1.807) is 55.4 Å². The third kappa shape index (κ3) is 2.67. The molecule has 0 unspecified atom stereocenters. The third-order valence-electron chi connectivity index (χ3n) is 8.51. The number of rotatable bonds is 0. The number of benzene rings is 5. The van der Waals surface area contributed by atoms with Gasteiger partial charge in [0.05, 0.1) is 21.5 Å². The molecule has 0 fully saturated rings. The Labute approximate surface area is 204 Å². The van der Waals surface area contributed by atoms with E-state index in [1.165, 1.54) is 0 Å². The average Bonchev–Trinajstić information content (AvgIpc) is 2.83. The molecule has 0 amide bonds. The van der Waals surface area contributed by atoms with Gasteiger partial charge in [0.2, 0.25) is 0 Å². The van der Waals surface area contributed by atoms with E-state index in [0.29, 0.717) is 44.5 Å². The van der Waals surface area contributed by atoms with Crippen molar-refractivity contribution < 1.29 is 26.3 Å². The molecule has 0 nitrogen and oxygen atoms in total. The quantitative estimate of drug-likeness (QED) is 0.147. The summed E-state index contributed by atoms with van der Waals surface area (Å²) in [5.41, 5.74) is 4.20. The summed E-state index contributed by atoms with van der Waals surface area (Å²) in [6.07, 6.45) is 0. The van der Waals surface area contributed by atoms with Gasteiger partial charge in [-0.15, -0.1) is 0 Å². The molecule has 0 spiro atoms. The zero-order chi connectivity index (χ0) is 26.7. The highest BCUT2D eigenvalue weighted by atomic mass is 19.2. The largest absolute Gasteiger partial charge is 0.206 e. The van der Waals surface area contributed by atoms with Crippen molar-refractivity contribution in [3.05, 3.63) is 79.4 Å². The first kappa shape index (κ1) is 24.4. The highest BCUT2D eigenvalue weighted by Crippen LogP contribution is 2.45. The van der Waals surface area contributed by atoms with E-state index in [0.717, 1.165) is 0 Å². The number of halogens is 6. The minimum atomic E-state index is -1.52.